The molecule has 116 valence electrons. The van der Waals surface area contributed by atoms with E-state index in [9.17, 15) is 13.6 Å². The second-order valence-electron chi connectivity index (χ2n) is 5.73. The summed E-state index contributed by atoms with van der Waals surface area (Å²) < 4.78 is 28.3. The molecule has 1 saturated heterocycles. The largest absolute Gasteiger partial charge is 0.339 e. The fraction of sp³-hybridized carbons (Fsp3) is 0.353. The molecule has 3 nitrogen and oxygen atoms in total. The van der Waals surface area contributed by atoms with Crippen LogP contribution in [-0.2, 0) is 7.05 Å². The van der Waals surface area contributed by atoms with Gasteiger partial charge < -0.3 is 9.47 Å². The van der Waals surface area contributed by atoms with Gasteiger partial charge in [0, 0.05) is 38.4 Å². The van der Waals surface area contributed by atoms with E-state index >= 15 is 0 Å². The zero-order valence-corrected chi connectivity index (χ0v) is 12.5. The van der Waals surface area contributed by atoms with Crippen LogP contribution in [0.3, 0.4) is 0 Å². The highest BCUT2D eigenvalue weighted by Gasteiger charge is 2.36. The number of carbonyl (C=O) groups excluding carboxylic acids is 1. The first-order chi connectivity index (χ1) is 10.4. The minimum atomic E-state index is -2.65. The monoisotopic (exact) mass is 304 g/mol. The highest BCUT2D eigenvalue weighted by molar-refractivity contribution is 6.00. The Bertz CT molecular complexity index is 738. The summed E-state index contributed by atoms with van der Waals surface area (Å²) in [7, 11) is 1.82. The van der Waals surface area contributed by atoms with Crippen LogP contribution in [0, 0.1) is 0 Å². The number of benzene rings is 1. The Kier molecular flexibility index (Phi) is 3.51. The van der Waals surface area contributed by atoms with E-state index in [1.807, 2.05) is 35.9 Å². The summed E-state index contributed by atoms with van der Waals surface area (Å²) in [6.07, 6.45) is 1.22. The molecule has 1 aliphatic rings. The third-order valence-electron chi connectivity index (χ3n) is 4.31. The standard InChI is InChI=1S/C17H18F2N2O/c1-3-12-5-4-6-13-11-14(20(2)15(12)13)16(22)21-9-7-17(18,19)8-10-21/h3-6,11H,1,7-10H2,2H3. The number of rotatable bonds is 2. The van der Waals surface area contributed by atoms with Crippen molar-refractivity contribution in [1.29, 1.82) is 0 Å². The Balaban J connectivity index is 1.95. The summed E-state index contributed by atoms with van der Waals surface area (Å²) in [6, 6.07) is 7.60. The second-order valence-corrected chi connectivity index (χ2v) is 5.73. The van der Waals surface area contributed by atoms with Gasteiger partial charge in [-0.25, -0.2) is 8.78 Å². The van der Waals surface area contributed by atoms with E-state index in [0.717, 1.165) is 16.5 Å². The number of para-hydroxylation sites is 1. The van der Waals surface area contributed by atoms with Crippen LogP contribution < -0.4 is 0 Å². The SMILES string of the molecule is C=Cc1cccc2cc(C(=O)N3CCC(F)(F)CC3)n(C)c12. The van der Waals surface area contributed by atoms with Crippen LogP contribution in [0.1, 0.15) is 28.9 Å². The van der Waals surface area contributed by atoms with E-state index in [0.29, 0.717) is 5.69 Å². The van der Waals surface area contributed by atoms with E-state index in [4.69, 9.17) is 0 Å². The molecule has 0 radical (unpaired) electrons. The molecule has 0 unspecified atom stereocenters. The van der Waals surface area contributed by atoms with Gasteiger partial charge in [0.25, 0.3) is 11.8 Å². The van der Waals surface area contributed by atoms with Crippen LogP contribution in [0.25, 0.3) is 17.0 Å². The molecule has 1 aliphatic heterocycles. The number of aromatic nitrogens is 1. The summed E-state index contributed by atoms with van der Waals surface area (Å²) in [6.45, 7) is 3.99. The van der Waals surface area contributed by atoms with Crippen molar-refractivity contribution in [2.75, 3.05) is 13.1 Å². The van der Waals surface area contributed by atoms with E-state index in [1.165, 1.54) is 4.90 Å². The Morgan fingerprint density at radius 2 is 2.00 bits per heavy atom. The van der Waals surface area contributed by atoms with Crippen molar-refractivity contribution in [2.45, 2.75) is 18.8 Å². The lowest BCUT2D eigenvalue weighted by Gasteiger charge is -2.31. The molecule has 1 aromatic carbocycles. The van der Waals surface area contributed by atoms with Gasteiger partial charge in [-0.15, -0.1) is 0 Å². The predicted molar refractivity (Wildman–Crippen MR) is 83.1 cm³/mol. The van der Waals surface area contributed by atoms with Gasteiger partial charge in [-0.2, -0.15) is 0 Å². The maximum Gasteiger partial charge on any atom is 0.270 e. The molecule has 22 heavy (non-hydrogen) atoms. The number of alkyl halides is 2. The molecule has 0 bridgehead atoms. The number of hydrogen-bond donors (Lipinski definition) is 0. The molecule has 2 heterocycles. The maximum atomic E-state index is 13.2. The van der Waals surface area contributed by atoms with Crippen LogP contribution in [0.5, 0.6) is 0 Å². The first kappa shape index (κ1) is 14.8. The average Bonchev–Trinajstić information content (AvgIpc) is 2.84. The van der Waals surface area contributed by atoms with Gasteiger partial charge in [0.1, 0.15) is 5.69 Å². The van der Waals surface area contributed by atoms with Crippen molar-refractivity contribution in [1.82, 2.24) is 9.47 Å². The lowest BCUT2D eigenvalue weighted by atomic mass is 10.1. The fourth-order valence-electron chi connectivity index (χ4n) is 3.02. The molecular weight excluding hydrogens is 286 g/mol. The van der Waals surface area contributed by atoms with Crippen LogP contribution >= 0.6 is 0 Å². The minimum Gasteiger partial charge on any atom is -0.339 e. The zero-order valence-electron chi connectivity index (χ0n) is 12.5. The lowest BCUT2D eigenvalue weighted by molar-refractivity contribution is -0.0495. The summed E-state index contributed by atoms with van der Waals surface area (Å²) >= 11 is 0. The fourth-order valence-corrected chi connectivity index (χ4v) is 3.02. The molecule has 0 aliphatic carbocycles. The Morgan fingerprint density at radius 3 is 2.64 bits per heavy atom. The molecular formula is C17H18F2N2O. The van der Waals surface area contributed by atoms with Gasteiger partial charge in [0.15, 0.2) is 0 Å². The number of hydrogen-bond acceptors (Lipinski definition) is 1. The molecule has 0 saturated carbocycles. The summed E-state index contributed by atoms with van der Waals surface area (Å²) in [5.41, 5.74) is 2.40. The van der Waals surface area contributed by atoms with Crippen LogP contribution in [0.15, 0.2) is 30.8 Å². The van der Waals surface area contributed by atoms with Gasteiger partial charge in [-0.3, -0.25) is 4.79 Å². The minimum absolute atomic E-state index is 0.0989. The zero-order chi connectivity index (χ0) is 15.9. The van der Waals surface area contributed by atoms with Crippen molar-refractivity contribution in [3.8, 4) is 0 Å². The number of piperidine rings is 1. The molecule has 2 aromatic rings. The van der Waals surface area contributed by atoms with E-state index in [-0.39, 0.29) is 31.8 Å². The Morgan fingerprint density at radius 1 is 1.32 bits per heavy atom. The van der Waals surface area contributed by atoms with Gasteiger partial charge >= 0.3 is 0 Å². The smallest absolute Gasteiger partial charge is 0.270 e. The Hall–Kier alpha value is -2.17. The van der Waals surface area contributed by atoms with Crippen molar-refractivity contribution in [2.24, 2.45) is 7.05 Å². The van der Waals surface area contributed by atoms with E-state index < -0.39 is 5.92 Å². The number of fused-ring (bicyclic) bond motifs is 1. The third kappa shape index (κ3) is 2.40. The van der Waals surface area contributed by atoms with E-state index in [1.54, 1.807) is 6.08 Å². The topological polar surface area (TPSA) is 25.2 Å². The maximum absolute atomic E-state index is 13.2. The molecule has 1 fully saturated rings. The molecule has 0 N–H and O–H groups in total. The average molecular weight is 304 g/mol. The molecule has 5 heteroatoms. The highest BCUT2D eigenvalue weighted by atomic mass is 19.3. The summed E-state index contributed by atoms with van der Waals surface area (Å²) in [5, 5.41) is 0.950. The first-order valence-corrected chi connectivity index (χ1v) is 7.31. The van der Waals surface area contributed by atoms with Crippen molar-refractivity contribution < 1.29 is 13.6 Å². The van der Waals surface area contributed by atoms with Gasteiger partial charge in [-0.1, -0.05) is 30.9 Å². The highest BCUT2D eigenvalue weighted by Crippen LogP contribution is 2.29. The molecule has 3 rings (SSSR count). The van der Waals surface area contributed by atoms with Crippen LogP contribution in [0.2, 0.25) is 0 Å². The number of carbonyl (C=O) groups is 1. The number of aryl methyl sites for hydroxylation is 1. The van der Waals surface area contributed by atoms with Crippen molar-refractivity contribution in [3.63, 3.8) is 0 Å². The number of amides is 1. The Labute approximate surface area is 127 Å². The van der Waals surface area contributed by atoms with Gasteiger partial charge in [-0.05, 0) is 11.6 Å². The van der Waals surface area contributed by atoms with Crippen LogP contribution in [-0.4, -0.2) is 34.4 Å². The predicted octanol–water partition coefficient (Wildman–Crippen LogP) is 3.69. The number of halogens is 2. The number of likely N-dealkylation sites (tertiary alicyclic amines) is 1. The normalized spacial score (nSPS) is 17.7. The second kappa shape index (κ2) is 5.23. The summed E-state index contributed by atoms with van der Waals surface area (Å²) in [4.78, 5) is 14.1. The van der Waals surface area contributed by atoms with Crippen molar-refractivity contribution >= 4 is 22.9 Å². The molecule has 0 atom stereocenters. The van der Waals surface area contributed by atoms with Crippen molar-refractivity contribution in [3.05, 3.63) is 42.1 Å². The van der Waals surface area contributed by atoms with Gasteiger partial charge in [0.05, 0.1) is 5.52 Å². The van der Waals surface area contributed by atoms with Gasteiger partial charge in [0.2, 0.25) is 0 Å². The first-order valence-electron chi connectivity index (χ1n) is 7.31. The van der Waals surface area contributed by atoms with E-state index in [2.05, 4.69) is 6.58 Å². The molecule has 0 spiro atoms. The lowest BCUT2D eigenvalue weighted by Crippen LogP contribution is -2.43. The number of nitrogens with zero attached hydrogens (tertiary/aromatic N) is 2. The molecule has 1 amide bonds. The molecule has 1 aromatic heterocycles. The van der Waals surface area contributed by atoms with Crippen LogP contribution in [0.4, 0.5) is 8.78 Å². The summed E-state index contributed by atoms with van der Waals surface area (Å²) in [5.74, 6) is -2.84. The third-order valence-corrected chi connectivity index (χ3v) is 4.31. The quantitative estimate of drug-likeness (QED) is 0.830.